The lowest BCUT2D eigenvalue weighted by atomic mass is 9.98. The maximum Gasteiger partial charge on any atom is 0.123 e. The van der Waals surface area contributed by atoms with Crippen molar-refractivity contribution in [3.63, 3.8) is 0 Å². The SMILES string of the molecule is CCNC(c1ccccc1OC)c1cc(C)sc1C. The number of methoxy groups -OCH3 is 1. The van der Waals surface area contributed by atoms with E-state index in [1.54, 1.807) is 7.11 Å². The number of hydrogen-bond acceptors (Lipinski definition) is 3. The van der Waals surface area contributed by atoms with Crippen LogP contribution in [0.15, 0.2) is 30.3 Å². The van der Waals surface area contributed by atoms with Gasteiger partial charge in [0.2, 0.25) is 0 Å². The molecule has 0 bridgehead atoms. The Hall–Kier alpha value is -1.32. The van der Waals surface area contributed by atoms with E-state index in [9.17, 15) is 0 Å². The second kappa shape index (κ2) is 6.22. The minimum atomic E-state index is 0.200. The van der Waals surface area contributed by atoms with Gasteiger partial charge >= 0.3 is 0 Å². The quantitative estimate of drug-likeness (QED) is 0.888. The number of benzene rings is 1. The van der Waals surface area contributed by atoms with Crippen LogP contribution in [0.2, 0.25) is 0 Å². The molecule has 1 unspecified atom stereocenters. The maximum atomic E-state index is 5.50. The van der Waals surface area contributed by atoms with Gasteiger partial charge in [-0.3, -0.25) is 0 Å². The zero-order valence-electron chi connectivity index (χ0n) is 12.0. The number of nitrogens with one attached hydrogen (secondary N) is 1. The highest BCUT2D eigenvalue weighted by Gasteiger charge is 2.20. The summed E-state index contributed by atoms with van der Waals surface area (Å²) < 4.78 is 5.50. The monoisotopic (exact) mass is 275 g/mol. The number of para-hydroxylation sites is 1. The first-order valence-corrected chi connectivity index (χ1v) is 7.42. The van der Waals surface area contributed by atoms with E-state index in [0.717, 1.165) is 12.3 Å². The van der Waals surface area contributed by atoms with Crippen molar-refractivity contribution in [1.29, 1.82) is 0 Å². The first kappa shape index (κ1) is 14.1. The molecule has 1 heterocycles. The predicted molar refractivity (Wildman–Crippen MR) is 82.3 cm³/mol. The summed E-state index contributed by atoms with van der Waals surface area (Å²) in [7, 11) is 1.73. The Balaban J connectivity index is 2.48. The zero-order chi connectivity index (χ0) is 13.8. The average molecular weight is 275 g/mol. The molecule has 0 saturated carbocycles. The Bertz CT molecular complexity index is 547. The molecule has 2 aromatic rings. The molecule has 1 aromatic carbocycles. The second-order valence-electron chi connectivity index (χ2n) is 4.60. The van der Waals surface area contributed by atoms with Crippen LogP contribution in [0.1, 0.15) is 33.8 Å². The molecule has 0 aliphatic rings. The van der Waals surface area contributed by atoms with Gasteiger partial charge in [0.05, 0.1) is 13.2 Å². The third-order valence-electron chi connectivity index (χ3n) is 3.25. The number of aryl methyl sites for hydroxylation is 2. The van der Waals surface area contributed by atoms with Crippen LogP contribution in [0, 0.1) is 13.8 Å². The van der Waals surface area contributed by atoms with Crippen molar-refractivity contribution in [1.82, 2.24) is 5.32 Å². The Morgan fingerprint density at radius 2 is 1.95 bits per heavy atom. The van der Waals surface area contributed by atoms with Crippen molar-refractivity contribution >= 4 is 11.3 Å². The van der Waals surface area contributed by atoms with Gasteiger partial charge in [0.15, 0.2) is 0 Å². The average Bonchev–Trinajstić information content (AvgIpc) is 2.75. The van der Waals surface area contributed by atoms with Gasteiger partial charge < -0.3 is 10.1 Å². The van der Waals surface area contributed by atoms with Crippen molar-refractivity contribution in [2.75, 3.05) is 13.7 Å². The highest BCUT2D eigenvalue weighted by Crippen LogP contribution is 2.34. The van der Waals surface area contributed by atoms with Crippen molar-refractivity contribution in [2.24, 2.45) is 0 Å². The molecule has 3 heteroatoms. The molecule has 19 heavy (non-hydrogen) atoms. The van der Waals surface area contributed by atoms with Gasteiger partial charge in [-0.15, -0.1) is 11.3 Å². The van der Waals surface area contributed by atoms with Crippen molar-refractivity contribution in [3.8, 4) is 5.75 Å². The van der Waals surface area contributed by atoms with Gasteiger partial charge in [0, 0.05) is 15.3 Å². The maximum absolute atomic E-state index is 5.50. The largest absolute Gasteiger partial charge is 0.496 e. The Kier molecular flexibility index (Phi) is 4.61. The van der Waals surface area contributed by atoms with Crippen LogP contribution in [-0.2, 0) is 0 Å². The molecule has 2 rings (SSSR count). The molecule has 1 aromatic heterocycles. The second-order valence-corrected chi connectivity index (χ2v) is 6.06. The number of ether oxygens (including phenoxy) is 1. The van der Waals surface area contributed by atoms with Crippen LogP contribution in [0.4, 0.5) is 0 Å². The molecule has 0 radical (unpaired) electrons. The van der Waals surface area contributed by atoms with Gasteiger partial charge in [-0.25, -0.2) is 0 Å². The molecule has 0 aliphatic carbocycles. The summed E-state index contributed by atoms with van der Waals surface area (Å²) in [5.74, 6) is 0.941. The van der Waals surface area contributed by atoms with Gasteiger partial charge in [-0.1, -0.05) is 25.1 Å². The molecule has 102 valence electrons. The van der Waals surface area contributed by atoms with E-state index >= 15 is 0 Å². The summed E-state index contributed by atoms with van der Waals surface area (Å²) in [6.07, 6.45) is 0. The number of thiophene rings is 1. The van der Waals surface area contributed by atoms with E-state index in [4.69, 9.17) is 4.74 Å². The summed E-state index contributed by atoms with van der Waals surface area (Å²) >= 11 is 1.85. The van der Waals surface area contributed by atoms with Crippen LogP contribution in [0.3, 0.4) is 0 Å². The summed E-state index contributed by atoms with van der Waals surface area (Å²) in [4.78, 5) is 2.72. The number of hydrogen-bond donors (Lipinski definition) is 1. The number of rotatable bonds is 5. The van der Waals surface area contributed by atoms with Gasteiger partial charge in [0.1, 0.15) is 5.75 Å². The Morgan fingerprint density at radius 3 is 2.53 bits per heavy atom. The predicted octanol–water partition coefficient (Wildman–Crippen LogP) is 4.07. The molecule has 1 N–H and O–H groups in total. The van der Waals surface area contributed by atoms with E-state index < -0.39 is 0 Å². The van der Waals surface area contributed by atoms with Crippen LogP contribution in [-0.4, -0.2) is 13.7 Å². The molecule has 2 nitrogen and oxygen atoms in total. The van der Waals surface area contributed by atoms with Gasteiger partial charge in [-0.2, -0.15) is 0 Å². The lowest BCUT2D eigenvalue weighted by Crippen LogP contribution is -2.22. The minimum Gasteiger partial charge on any atom is -0.496 e. The molecule has 0 aliphatic heterocycles. The van der Waals surface area contributed by atoms with Crippen LogP contribution in [0.25, 0.3) is 0 Å². The van der Waals surface area contributed by atoms with Crippen molar-refractivity contribution in [2.45, 2.75) is 26.8 Å². The van der Waals surface area contributed by atoms with E-state index in [-0.39, 0.29) is 6.04 Å². The van der Waals surface area contributed by atoms with Crippen LogP contribution < -0.4 is 10.1 Å². The third-order valence-corrected chi connectivity index (χ3v) is 4.23. The molecule has 0 saturated heterocycles. The standard InChI is InChI=1S/C16H21NOS/c1-5-17-16(14-10-11(2)19-12(14)3)13-8-6-7-9-15(13)18-4/h6-10,16-17H,5H2,1-4H3. The molecule has 0 spiro atoms. The Morgan fingerprint density at radius 1 is 1.21 bits per heavy atom. The first-order chi connectivity index (χ1) is 9.17. The van der Waals surface area contributed by atoms with Gasteiger partial charge in [0.25, 0.3) is 0 Å². The topological polar surface area (TPSA) is 21.3 Å². The van der Waals surface area contributed by atoms with E-state index in [1.807, 2.05) is 23.5 Å². The zero-order valence-corrected chi connectivity index (χ0v) is 12.8. The summed E-state index contributed by atoms with van der Waals surface area (Å²) in [5.41, 5.74) is 2.56. The van der Waals surface area contributed by atoms with E-state index in [0.29, 0.717) is 0 Å². The van der Waals surface area contributed by atoms with Gasteiger partial charge in [-0.05, 0) is 38.1 Å². The highest BCUT2D eigenvalue weighted by atomic mass is 32.1. The van der Waals surface area contributed by atoms with Crippen molar-refractivity contribution in [3.05, 3.63) is 51.2 Å². The summed E-state index contributed by atoms with van der Waals surface area (Å²) in [6.45, 7) is 7.41. The molecular weight excluding hydrogens is 254 g/mol. The molecule has 0 amide bonds. The lowest BCUT2D eigenvalue weighted by molar-refractivity contribution is 0.404. The normalized spacial score (nSPS) is 12.4. The fourth-order valence-electron chi connectivity index (χ4n) is 2.43. The smallest absolute Gasteiger partial charge is 0.123 e. The van der Waals surface area contributed by atoms with Crippen LogP contribution >= 0.6 is 11.3 Å². The van der Waals surface area contributed by atoms with E-state index in [1.165, 1.54) is 20.9 Å². The third kappa shape index (κ3) is 2.99. The molecular formula is C16H21NOS. The van der Waals surface area contributed by atoms with E-state index in [2.05, 4.69) is 44.3 Å². The minimum absolute atomic E-state index is 0.200. The first-order valence-electron chi connectivity index (χ1n) is 6.60. The molecule has 1 atom stereocenters. The fraction of sp³-hybridized carbons (Fsp3) is 0.375. The van der Waals surface area contributed by atoms with Crippen molar-refractivity contribution < 1.29 is 4.74 Å². The van der Waals surface area contributed by atoms with Crippen LogP contribution in [0.5, 0.6) is 5.75 Å². The lowest BCUT2D eigenvalue weighted by Gasteiger charge is -2.21. The highest BCUT2D eigenvalue weighted by molar-refractivity contribution is 7.12. The summed E-state index contributed by atoms with van der Waals surface area (Å²) in [5, 5.41) is 3.57. The Labute approximate surface area is 119 Å². The summed E-state index contributed by atoms with van der Waals surface area (Å²) in [6, 6.07) is 10.7. The fourth-order valence-corrected chi connectivity index (χ4v) is 3.40. The molecule has 0 fully saturated rings.